The third-order valence-electron chi connectivity index (χ3n) is 2.02. The summed E-state index contributed by atoms with van der Waals surface area (Å²) in [6.07, 6.45) is 0. The number of carbonyl (C=O) groups is 1. The highest BCUT2D eigenvalue weighted by Crippen LogP contribution is 2.38. The summed E-state index contributed by atoms with van der Waals surface area (Å²) in [7, 11) is 2.77. The second kappa shape index (κ2) is 6.74. The van der Waals surface area contributed by atoms with E-state index in [0.29, 0.717) is 11.5 Å². The zero-order chi connectivity index (χ0) is 12.8. The van der Waals surface area contributed by atoms with Crippen LogP contribution in [0, 0.1) is 0 Å². The Morgan fingerprint density at radius 1 is 1.47 bits per heavy atom. The van der Waals surface area contributed by atoms with Gasteiger partial charge in [0.1, 0.15) is 0 Å². The van der Waals surface area contributed by atoms with Gasteiger partial charge in [-0.3, -0.25) is 0 Å². The maximum Gasteiger partial charge on any atom is 0.339 e. The van der Waals surface area contributed by atoms with Crippen LogP contribution in [0.5, 0.6) is 5.75 Å². The minimum absolute atomic E-state index is 0.0597. The van der Waals surface area contributed by atoms with Crippen LogP contribution in [-0.4, -0.2) is 37.7 Å². The molecular weight excluding hydrogens is 264 g/mol. The molecule has 0 aliphatic carbocycles. The van der Waals surface area contributed by atoms with Crippen LogP contribution in [0.1, 0.15) is 10.4 Å². The first-order valence-electron chi connectivity index (χ1n) is 4.84. The predicted molar refractivity (Wildman–Crippen MR) is 67.2 cm³/mol. The Bertz CT molecular complexity index is 409. The molecule has 0 amide bonds. The normalized spacial score (nSPS) is 10.1. The molecule has 0 radical (unpaired) electrons. The maximum atomic E-state index is 11.4. The third-order valence-corrected chi connectivity index (χ3v) is 3.41. The van der Waals surface area contributed by atoms with Crippen LogP contribution in [0.4, 0.5) is 0 Å². The molecule has 1 aromatic carbocycles. The topological polar surface area (TPSA) is 55.8 Å². The summed E-state index contributed by atoms with van der Waals surface area (Å²) in [5.41, 5.74) is 0.263. The summed E-state index contributed by atoms with van der Waals surface area (Å²) in [5, 5.41) is 9.00. The van der Waals surface area contributed by atoms with E-state index in [2.05, 4.69) is 4.74 Å². The molecule has 0 aromatic heterocycles. The van der Waals surface area contributed by atoms with Crippen molar-refractivity contribution in [3.8, 4) is 5.75 Å². The van der Waals surface area contributed by atoms with Gasteiger partial charge in [0, 0.05) is 5.75 Å². The molecule has 1 rings (SSSR count). The lowest BCUT2D eigenvalue weighted by Gasteiger charge is -2.12. The van der Waals surface area contributed by atoms with Gasteiger partial charge < -0.3 is 14.6 Å². The molecule has 94 valence electrons. The van der Waals surface area contributed by atoms with Gasteiger partial charge in [0.25, 0.3) is 0 Å². The van der Waals surface area contributed by atoms with E-state index in [1.54, 1.807) is 12.1 Å². The zero-order valence-corrected chi connectivity index (χ0v) is 11.1. The summed E-state index contributed by atoms with van der Waals surface area (Å²) in [6.45, 7) is 0.0597. The van der Waals surface area contributed by atoms with Gasteiger partial charge in [-0.1, -0.05) is 11.6 Å². The predicted octanol–water partition coefficient (Wildman–Crippen LogP) is 2.22. The second-order valence-corrected chi connectivity index (χ2v) is 4.54. The Morgan fingerprint density at radius 2 is 2.18 bits per heavy atom. The van der Waals surface area contributed by atoms with E-state index in [4.69, 9.17) is 21.4 Å². The molecule has 0 saturated heterocycles. The van der Waals surface area contributed by atoms with Crippen molar-refractivity contribution in [3.63, 3.8) is 0 Å². The molecule has 6 heteroatoms. The highest BCUT2D eigenvalue weighted by Gasteiger charge is 2.18. The lowest BCUT2D eigenvalue weighted by Crippen LogP contribution is -2.03. The van der Waals surface area contributed by atoms with E-state index >= 15 is 0 Å². The van der Waals surface area contributed by atoms with E-state index in [-0.39, 0.29) is 17.2 Å². The fourth-order valence-corrected chi connectivity index (χ4v) is 2.43. The maximum absolute atomic E-state index is 11.4. The van der Waals surface area contributed by atoms with Gasteiger partial charge in [0.2, 0.25) is 0 Å². The quantitative estimate of drug-likeness (QED) is 0.660. The minimum atomic E-state index is -0.507. The Morgan fingerprint density at radius 3 is 2.71 bits per heavy atom. The van der Waals surface area contributed by atoms with Crippen molar-refractivity contribution in [2.75, 3.05) is 26.6 Å². The number of carbonyl (C=O) groups excluding carboxylic acids is 1. The number of hydrogen-bond donors (Lipinski definition) is 1. The molecule has 17 heavy (non-hydrogen) atoms. The summed E-state index contributed by atoms with van der Waals surface area (Å²) < 4.78 is 9.78. The molecule has 0 bridgehead atoms. The van der Waals surface area contributed by atoms with Gasteiger partial charge in [-0.25, -0.2) is 4.79 Å². The molecule has 4 nitrogen and oxygen atoms in total. The number of rotatable bonds is 5. The fourth-order valence-electron chi connectivity index (χ4n) is 1.27. The lowest BCUT2D eigenvalue weighted by molar-refractivity contribution is 0.0600. The van der Waals surface area contributed by atoms with Crippen LogP contribution in [-0.2, 0) is 4.74 Å². The molecule has 1 N–H and O–H groups in total. The standard InChI is InChI=1S/C11H13ClO4S/c1-15-10-8(17-6-5-13)4-3-7(9(10)12)11(14)16-2/h3-4,13H,5-6H2,1-2H3. The van der Waals surface area contributed by atoms with Gasteiger partial charge in [0.15, 0.2) is 5.75 Å². The second-order valence-electron chi connectivity index (χ2n) is 3.02. The molecule has 0 heterocycles. The van der Waals surface area contributed by atoms with Gasteiger partial charge in [-0.05, 0) is 12.1 Å². The van der Waals surface area contributed by atoms with Crippen LogP contribution < -0.4 is 4.74 Å². The number of halogens is 1. The van der Waals surface area contributed by atoms with Gasteiger partial charge in [-0.15, -0.1) is 11.8 Å². The SMILES string of the molecule is COC(=O)c1ccc(SCCO)c(OC)c1Cl. The molecular formula is C11H13ClO4S. The first-order chi connectivity index (χ1) is 8.15. The van der Waals surface area contributed by atoms with E-state index in [9.17, 15) is 4.79 Å². The van der Waals surface area contributed by atoms with Crippen LogP contribution in [0.25, 0.3) is 0 Å². The van der Waals surface area contributed by atoms with E-state index < -0.39 is 5.97 Å². The van der Waals surface area contributed by atoms with Gasteiger partial charge in [0.05, 0.1) is 36.3 Å². The monoisotopic (exact) mass is 276 g/mol. The average Bonchev–Trinajstić information content (AvgIpc) is 2.35. The number of ether oxygens (including phenoxy) is 2. The molecule has 0 fully saturated rings. The van der Waals surface area contributed by atoms with Crippen molar-refractivity contribution in [3.05, 3.63) is 22.7 Å². The first kappa shape index (κ1) is 14.2. The number of aliphatic hydroxyl groups excluding tert-OH is 1. The molecule has 0 aliphatic rings. The molecule has 0 saturated carbocycles. The highest BCUT2D eigenvalue weighted by molar-refractivity contribution is 7.99. The minimum Gasteiger partial charge on any atom is -0.494 e. The highest BCUT2D eigenvalue weighted by atomic mass is 35.5. The molecule has 0 spiro atoms. The Kier molecular flexibility index (Phi) is 5.61. The zero-order valence-electron chi connectivity index (χ0n) is 9.53. The van der Waals surface area contributed by atoms with E-state index in [1.165, 1.54) is 26.0 Å². The summed E-state index contributed by atoms with van der Waals surface area (Å²) in [5.74, 6) is 0.449. The molecule has 0 unspecified atom stereocenters. The fraction of sp³-hybridized carbons (Fsp3) is 0.364. The summed E-state index contributed by atoms with van der Waals surface area (Å²) in [6, 6.07) is 3.30. The van der Waals surface area contributed by atoms with Crippen LogP contribution in [0.15, 0.2) is 17.0 Å². The van der Waals surface area contributed by atoms with Crippen molar-refractivity contribution in [2.45, 2.75) is 4.90 Å². The Labute approximate surface area is 109 Å². The number of thioether (sulfide) groups is 1. The van der Waals surface area contributed by atoms with Gasteiger partial charge in [-0.2, -0.15) is 0 Å². The van der Waals surface area contributed by atoms with E-state index in [1.807, 2.05) is 0 Å². The van der Waals surface area contributed by atoms with Crippen LogP contribution >= 0.6 is 23.4 Å². The largest absolute Gasteiger partial charge is 0.494 e. The Hall–Kier alpha value is -0.910. The molecule has 0 aliphatic heterocycles. The van der Waals surface area contributed by atoms with Crippen molar-refractivity contribution in [2.24, 2.45) is 0 Å². The average molecular weight is 277 g/mol. The van der Waals surface area contributed by atoms with Crippen LogP contribution in [0.2, 0.25) is 5.02 Å². The van der Waals surface area contributed by atoms with E-state index in [0.717, 1.165) is 4.90 Å². The third kappa shape index (κ3) is 3.28. The molecule has 0 atom stereocenters. The Balaban J connectivity index is 3.12. The lowest BCUT2D eigenvalue weighted by atomic mass is 10.2. The van der Waals surface area contributed by atoms with Crippen LogP contribution in [0.3, 0.4) is 0 Å². The van der Waals surface area contributed by atoms with Gasteiger partial charge >= 0.3 is 5.97 Å². The molecule has 1 aromatic rings. The number of benzene rings is 1. The number of aliphatic hydroxyl groups is 1. The number of methoxy groups -OCH3 is 2. The summed E-state index contributed by atoms with van der Waals surface area (Å²) in [4.78, 5) is 12.2. The number of esters is 1. The smallest absolute Gasteiger partial charge is 0.339 e. The summed E-state index contributed by atoms with van der Waals surface area (Å²) >= 11 is 7.47. The van der Waals surface area contributed by atoms with Crippen molar-refractivity contribution in [1.82, 2.24) is 0 Å². The van der Waals surface area contributed by atoms with Crippen molar-refractivity contribution >= 4 is 29.3 Å². The van der Waals surface area contributed by atoms with Crippen molar-refractivity contribution < 1.29 is 19.4 Å². The van der Waals surface area contributed by atoms with Crippen molar-refractivity contribution in [1.29, 1.82) is 0 Å². The first-order valence-corrected chi connectivity index (χ1v) is 6.20. The number of hydrogen-bond acceptors (Lipinski definition) is 5.